The Morgan fingerprint density at radius 1 is 1.57 bits per heavy atom. The smallest absolute Gasteiger partial charge is 0.304 e. The van der Waals surface area contributed by atoms with Crippen LogP contribution in [0.3, 0.4) is 0 Å². The summed E-state index contributed by atoms with van der Waals surface area (Å²) in [6, 6.07) is 0. The highest BCUT2D eigenvalue weighted by molar-refractivity contribution is 5.67. The average Bonchev–Trinajstić information content (AvgIpc) is 2.55. The Labute approximate surface area is 84.8 Å². The number of ether oxygens (including phenoxy) is 2. The highest BCUT2D eigenvalue weighted by atomic mass is 16.6. The number of hydrogen-bond donors (Lipinski definition) is 0. The van der Waals surface area contributed by atoms with Gasteiger partial charge in [-0.25, -0.2) is 0 Å². The fourth-order valence-corrected chi connectivity index (χ4v) is 1.12. The van der Waals surface area contributed by atoms with Gasteiger partial charge in [-0.15, -0.1) is 0 Å². The van der Waals surface area contributed by atoms with E-state index in [1.165, 1.54) is 6.92 Å². The molecule has 3 heteroatoms. The molecule has 0 unspecified atom stereocenters. The molecule has 1 fully saturated rings. The van der Waals surface area contributed by atoms with Gasteiger partial charge in [-0.1, -0.05) is 11.8 Å². The lowest BCUT2D eigenvalue weighted by atomic mass is 10.1. The Kier molecular flexibility index (Phi) is 2.60. The molecule has 0 saturated carbocycles. The van der Waals surface area contributed by atoms with Crippen LogP contribution in [0.25, 0.3) is 0 Å². The van der Waals surface area contributed by atoms with Crippen LogP contribution in [0.15, 0.2) is 0 Å². The molecule has 2 atom stereocenters. The summed E-state index contributed by atoms with van der Waals surface area (Å²) in [7, 11) is 0. The minimum absolute atomic E-state index is 0.170. The Bertz CT molecular complexity index is 308. The summed E-state index contributed by atoms with van der Waals surface area (Å²) in [4.78, 5) is 10.7. The predicted molar refractivity (Wildman–Crippen MR) is 52.6 cm³/mol. The van der Waals surface area contributed by atoms with E-state index in [9.17, 15) is 4.79 Å². The van der Waals surface area contributed by atoms with Gasteiger partial charge in [0, 0.05) is 6.92 Å². The molecule has 0 N–H and O–H groups in total. The van der Waals surface area contributed by atoms with Gasteiger partial charge in [0.1, 0.15) is 0 Å². The Morgan fingerprint density at radius 2 is 2.07 bits per heavy atom. The second kappa shape index (κ2) is 3.29. The van der Waals surface area contributed by atoms with Crippen molar-refractivity contribution in [3.05, 3.63) is 0 Å². The van der Waals surface area contributed by atoms with Gasteiger partial charge in [0.25, 0.3) is 0 Å². The van der Waals surface area contributed by atoms with E-state index in [1.54, 1.807) is 13.8 Å². The zero-order valence-corrected chi connectivity index (χ0v) is 9.30. The van der Waals surface area contributed by atoms with Crippen LogP contribution >= 0.6 is 0 Å². The van der Waals surface area contributed by atoms with E-state index >= 15 is 0 Å². The van der Waals surface area contributed by atoms with Gasteiger partial charge in [-0.3, -0.25) is 4.79 Å². The van der Waals surface area contributed by atoms with E-state index in [2.05, 4.69) is 11.8 Å². The summed E-state index contributed by atoms with van der Waals surface area (Å²) in [6.45, 7) is 8.79. The molecule has 1 rings (SSSR count). The molecule has 3 nitrogen and oxygen atoms in total. The van der Waals surface area contributed by atoms with Crippen LogP contribution in [0, 0.1) is 11.8 Å². The molecule has 0 aromatic rings. The largest absolute Gasteiger partial charge is 0.447 e. The molecule has 1 aliphatic heterocycles. The SMILES string of the molecule is CC(=O)OC(C)(C)C#C[C@]1(C)O[C@H]1C. The highest BCUT2D eigenvalue weighted by Gasteiger charge is 2.47. The van der Waals surface area contributed by atoms with Crippen molar-refractivity contribution in [2.24, 2.45) is 0 Å². The first-order chi connectivity index (χ1) is 6.25. The molecule has 0 aliphatic carbocycles. The molecule has 0 spiro atoms. The first-order valence-electron chi connectivity index (χ1n) is 4.67. The summed E-state index contributed by atoms with van der Waals surface area (Å²) in [5.74, 6) is 5.56. The minimum Gasteiger partial charge on any atom is -0.447 e. The van der Waals surface area contributed by atoms with Crippen molar-refractivity contribution >= 4 is 5.97 Å². The number of rotatable bonds is 1. The van der Waals surface area contributed by atoms with Crippen LogP contribution in [0.2, 0.25) is 0 Å². The molecular formula is C11H16O3. The molecule has 1 aliphatic rings. The lowest BCUT2D eigenvalue weighted by Gasteiger charge is -2.17. The van der Waals surface area contributed by atoms with Gasteiger partial charge in [-0.05, 0) is 27.7 Å². The summed E-state index contributed by atoms with van der Waals surface area (Å²) in [5, 5.41) is 0. The van der Waals surface area contributed by atoms with E-state index in [1.807, 2.05) is 13.8 Å². The van der Waals surface area contributed by atoms with Crippen LogP contribution in [0.1, 0.15) is 34.6 Å². The Morgan fingerprint density at radius 3 is 2.43 bits per heavy atom. The molecule has 78 valence electrons. The molecular weight excluding hydrogens is 180 g/mol. The van der Waals surface area contributed by atoms with Crippen LogP contribution in [-0.4, -0.2) is 23.3 Å². The molecule has 0 radical (unpaired) electrons. The van der Waals surface area contributed by atoms with Gasteiger partial charge in [0.05, 0.1) is 6.10 Å². The third kappa shape index (κ3) is 2.74. The van der Waals surface area contributed by atoms with Crippen LogP contribution in [0.5, 0.6) is 0 Å². The predicted octanol–water partition coefficient (Wildman–Crippen LogP) is 1.51. The fourth-order valence-electron chi connectivity index (χ4n) is 1.12. The quantitative estimate of drug-likeness (QED) is 0.362. The second-order valence-corrected chi connectivity index (χ2v) is 4.22. The topological polar surface area (TPSA) is 38.8 Å². The summed E-state index contributed by atoms with van der Waals surface area (Å²) >= 11 is 0. The summed E-state index contributed by atoms with van der Waals surface area (Å²) < 4.78 is 10.3. The van der Waals surface area contributed by atoms with Crippen molar-refractivity contribution in [2.45, 2.75) is 51.9 Å². The van der Waals surface area contributed by atoms with Crippen LogP contribution in [0.4, 0.5) is 0 Å². The molecule has 0 bridgehead atoms. The lowest BCUT2D eigenvalue weighted by Crippen LogP contribution is -2.25. The summed E-state index contributed by atoms with van der Waals surface area (Å²) in [5.41, 5.74) is -1.09. The molecule has 0 amide bonds. The van der Waals surface area contributed by atoms with Crippen molar-refractivity contribution in [1.82, 2.24) is 0 Å². The van der Waals surface area contributed by atoms with E-state index in [0.717, 1.165) is 0 Å². The van der Waals surface area contributed by atoms with Gasteiger partial charge in [0.15, 0.2) is 11.2 Å². The third-order valence-electron chi connectivity index (χ3n) is 2.15. The minimum atomic E-state index is -0.736. The molecule has 1 heterocycles. The maximum Gasteiger partial charge on any atom is 0.304 e. The molecule has 14 heavy (non-hydrogen) atoms. The van der Waals surface area contributed by atoms with Crippen molar-refractivity contribution in [3.8, 4) is 11.8 Å². The van der Waals surface area contributed by atoms with Gasteiger partial charge >= 0.3 is 5.97 Å². The van der Waals surface area contributed by atoms with Crippen molar-refractivity contribution in [2.75, 3.05) is 0 Å². The number of esters is 1. The summed E-state index contributed by atoms with van der Waals surface area (Å²) in [6.07, 6.45) is 0.170. The first kappa shape index (κ1) is 11.1. The number of carbonyl (C=O) groups is 1. The molecule has 0 aromatic carbocycles. The van der Waals surface area contributed by atoms with E-state index in [0.29, 0.717) is 0 Å². The number of carbonyl (C=O) groups excluding carboxylic acids is 1. The first-order valence-corrected chi connectivity index (χ1v) is 4.67. The van der Waals surface area contributed by atoms with Crippen LogP contribution in [-0.2, 0) is 14.3 Å². The highest BCUT2D eigenvalue weighted by Crippen LogP contribution is 2.34. The normalized spacial score (nSPS) is 30.2. The second-order valence-electron chi connectivity index (χ2n) is 4.22. The zero-order chi connectivity index (χ0) is 11.0. The van der Waals surface area contributed by atoms with E-state index in [4.69, 9.17) is 9.47 Å². The monoisotopic (exact) mass is 196 g/mol. The fraction of sp³-hybridized carbons (Fsp3) is 0.727. The Balaban J connectivity index is 2.62. The van der Waals surface area contributed by atoms with Gasteiger partial charge in [-0.2, -0.15) is 0 Å². The number of epoxide rings is 1. The maximum atomic E-state index is 10.7. The zero-order valence-electron chi connectivity index (χ0n) is 9.30. The van der Waals surface area contributed by atoms with Crippen molar-refractivity contribution < 1.29 is 14.3 Å². The molecule has 0 aromatic heterocycles. The van der Waals surface area contributed by atoms with E-state index < -0.39 is 5.60 Å². The van der Waals surface area contributed by atoms with Crippen LogP contribution < -0.4 is 0 Å². The van der Waals surface area contributed by atoms with Gasteiger partial charge in [0.2, 0.25) is 0 Å². The van der Waals surface area contributed by atoms with E-state index in [-0.39, 0.29) is 17.7 Å². The molecule has 1 saturated heterocycles. The lowest BCUT2D eigenvalue weighted by molar-refractivity contribution is -0.148. The standard InChI is InChI=1S/C11H16O3/c1-8-11(5,13-8)7-6-10(3,4)14-9(2)12/h8H,1-5H3/t8-,11-/m0/s1. The number of hydrogen-bond acceptors (Lipinski definition) is 3. The van der Waals surface area contributed by atoms with Crippen molar-refractivity contribution in [1.29, 1.82) is 0 Å². The van der Waals surface area contributed by atoms with Crippen molar-refractivity contribution in [3.63, 3.8) is 0 Å². The van der Waals surface area contributed by atoms with Gasteiger partial charge < -0.3 is 9.47 Å². The average molecular weight is 196 g/mol. The third-order valence-corrected chi connectivity index (χ3v) is 2.15. The maximum absolute atomic E-state index is 10.7. The Hall–Kier alpha value is -1.01.